The maximum atomic E-state index is 11.9. The van der Waals surface area contributed by atoms with E-state index in [9.17, 15) is 4.79 Å². The number of rotatable bonds is 44. The number of carbonyl (C=O) groups excluding carboxylic acids is 1. The highest BCUT2D eigenvalue weighted by Gasteiger charge is 2.03. The molecule has 0 spiro atoms. The van der Waals surface area contributed by atoms with Crippen molar-refractivity contribution in [2.75, 3.05) is 6.61 Å². The minimum absolute atomic E-state index is 0.0181. The zero-order valence-corrected chi connectivity index (χ0v) is 34.9. The molecule has 0 aliphatic heterocycles. The molecule has 0 radical (unpaired) electrons. The van der Waals surface area contributed by atoms with Crippen LogP contribution < -0.4 is 0 Å². The van der Waals surface area contributed by atoms with Crippen LogP contribution in [0, 0.1) is 0 Å². The fourth-order valence-corrected chi connectivity index (χ4v) is 7.36. The maximum Gasteiger partial charge on any atom is 0.305 e. The SMILES string of the molecule is CCCC/C=C\CCCCCCCC(=O)OCCCCCCCCCCCCCCCCCCCCCCCCCCCCCCCCCC. The first-order chi connectivity index (χ1) is 24.8. The van der Waals surface area contributed by atoms with E-state index >= 15 is 0 Å². The molecule has 0 aromatic heterocycles. The minimum Gasteiger partial charge on any atom is -0.466 e. The molecule has 2 heteroatoms. The first kappa shape index (κ1) is 49.2. The summed E-state index contributed by atoms with van der Waals surface area (Å²) in [6.45, 7) is 5.18. The van der Waals surface area contributed by atoms with Crippen LogP contribution in [0.2, 0.25) is 0 Å². The van der Waals surface area contributed by atoms with E-state index in [4.69, 9.17) is 4.74 Å². The fourth-order valence-electron chi connectivity index (χ4n) is 7.36. The van der Waals surface area contributed by atoms with Gasteiger partial charge in [0.25, 0.3) is 0 Å². The lowest BCUT2D eigenvalue weighted by Gasteiger charge is -2.06. The maximum absolute atomic E-state index is 11.9. The van der Waals surface area contributed by atoms with Crippen LogP contribution >= 0.6 is 0 Å². The molecule has 50 heavy (non-hydrogen) atoms. The second-order valence-corrected chi connectivity index (χ2v) is 16.1. The summed E-state index contributed by atoms with van der Waals surface area (Å²) in [6.07, 6.45) is 62.1. The fraction of sp³-hybridized carbons (Fsp3) is 0.938. The molecule has 0 heterocycles. The zero-order valence-electron chi connectivity index (χ0n) is 34.9. The minimum atomic E-state index is 0.0181. The van der Waals surface area contributed by atoms with Gasteiger partial charge in [-0.25, -0.2) is 0 Å². The summed E-state index contributed by atoms with van der Waals surface area (Å²) in [7, 11) is 0. The average Bonchev–Trinajstić information content (AvgIpc) is 3.12. The highest BCUT2D eigenvalue weighted by atomic mass is 16.5. The second-order valence-electron chi connectivity index (χ2n) is 16.1. The van der Waals surface area contributed by atoms with E-state index in [0.717, 1.165) is 19.3 Å². The zero-order chi connectivity index (χ0) is 36.1. The van der Waals surface area contributed by atoms with E-state index in [2.05, 4.69) is 26.0 Å². The van der Waals surface area contributed by atoms with Crippen LogP contribution in [-0.4, -0.2) is 12.6 Å². The lowest BCUT2D eigenvalue weighted by molar-refractivity contribution is -0.143. The highest BCUT2D eigenvalue weighted by molar-refractivity contribution is 5.69. The average molecular weight is 703 g/mol. The van der Waals surface area contributed by atoms with Gasteiger partial charge < -0.3 is 4.74 Å². The van der Waals surface area contributed by atoms with Crippen molar-refractivity contribution in [3.05, 3.63) is 12.2 Å². The van der Waals surface area contributed by atoms with Gasteiger partial charge in [0.05, 0.1) is 6.61 Å². The van der Waals surface area contributed by atoms with Crippen LogP contribution in [-0.2, 0) is 9.53 Å². The molecule has 0 aliphatic carbocycles. The molecule has 0 amide bonds. The summed E-state index contributed by atoms with van der Waals surface area (Å²) in [5.41, 5.74) is 0. The van der Waals surface area contributed by atoms with Gasteiger partial charge in [0.2, 0.25) is 0 Å². The van der Waals surface area contributed by atoms with Crippen LogP contribution in [0.3, 0.4) is 0 Å². The predicted molar refractivity (Wildman–Crippen MR) is 225 cm³/mol. The molecule has 0 atom stereocenters. The quantitative estimate of drug-likeness (QED) is 0.0359. The Morgan fingerprint density at radius 2 is 0.580 bits per heavy atom. The molecule has 0 N–H and O–H groups in total. The number of esters is 1. The molecule has 0 rings (SSSR count). The molecular weight excluding hydrogens is 609 g/mol. The summed E-state index contributed by atoms with van der Waals surface area (Å²) < 4.78 is 5.45. The normalized spacial score (nSPS) is 11.6. The van der Waals surface area contributed by atoms with Gasteiger partial charge in [-0.15, -0.1) is 0 Å². The smallest absolute Gasteiger partial charge is 0.305 e. The van der Waals surface area contributed by atoms with Crippen LogP contribution in [0.1, 0.15) is 284 Å². The number of carbonyl (C=O) groups is 1. The van der Waals surface area contributed by atoms with Crippen molar-refractivity contribution in [2.45, 2.75) is 284 Å². The summed E-state index contributed by atoms with van der Waals surface area (Å²) >= 11 is 0. The third kappa shape index (κ3) is 45.2. The predicted octanol–water partition coefficient (Wildman–Crippen LogP) is 17.5. The Hall–Kier alpha value is -0.790. The molecule has 0 saturated heterocycles. The summed E-state index contributed by atoms with van der Waals surface area (Å²) in [5, 5.41) is 0. The Balaban J connectivity index is 3.13. The van der Waals surface area contributed by atoms with Gasteiger partial charge in [0, 0.05) is 6.42 Å². The van der Waals surface area contributed by atoms with Gasteiger partial charge in [0.1, 0.15) is 0 Å². The van der Waals surface area contributed by atoms with E-state index in [-0.39, 0.29) is 5.97 Å². The van der Waals surface area contributed by atoms with E-state index < -0.39 is 0 Å². The van der Waals surface area contributed by atoms with Gasteiger partial charge in [-0.1, -0.05) is 257 Å². The standard InChI is InChI=1S/C48H94O2/c1-3-5-7-9-11-13-15-16-17-18-19-20-21-22-23-24-25-26-27-28-29-30-31-32-33-34-35-37-39-41-43-45-47-50-48(49)46-44-42-40-38-36-14-12-10-8-6-4-2/h10,12H,3-9,11,13-47H2,1-2H3/b12-10-. The lowest BCUT2D eigenvalue weighted by Crippen LogP contribution is -2.05. The Labute approximate surface area is 316 Å². The topological polar surface area (TPSA) is 26.3 Å². The van der Waals surface area contributed by atoms with Gasteiger partial charge in [-0.05, 0) is 32.1 Å². The number of unbranched alkanes of at least 4 members (excludes halogenated alkanes) is 38. The molecule has 2 nitrogen and oxygen atoms in total. The first-order valence-corrected chi connectivity index (χ1v) is 23.6. The molecule has 0 aromatic rings. The van der Waals surface area contributed by atoms with Crippen molar-refractivity contribution in [3.8, 4) is 0 Å². The molecule has 0 aromatic carbocycles. The molecular formula is C48H94O2. The largest absolute Gasteiger partial charge is 0.466 e. The second kappa shape index (κ2) is 46.2. The molecule has 298 valence electrons. The van der Waals surface area contributed by atoms with Crippen LogP contribution in [0.25, 0.3) is 0 Å². The Kier molecular flexibility index (Phi) is 45.5. The van der Waals surface area contributed by atoms with E-state index in [1.165, 1.54) is 244 Å². The molecule has 0 aliphatic rings. The van der Waals surface area contributed by atoms with Crippen LogP contribution in [0.5, 0.6) is 0 Å². The van der Waals surface area contributed by atoms with E-state index in [0.29, 0.717) is 13.0 Å². The highest BCUT2D eigenvalue weighted by Crippen LogP contribution is 2.17. The monoisotopic (exact) mass is 703 g/mol. The van der Waals surface area contributed by atoms with Crippen molar-refractivity contribution >= 4 is 5.97 Å². The molecule has 0 fully saturated rings. The van der Waals surface area contributed by atoms with Crippen LogP contribution in [0.4, 0.5) is 0 Å². The summed E-state index contributed by atoms with van der Waals surface area (Å²) in [5.74, 6) is 0.0181. The Morgan fingerprint density at radius 3 is 0.920 bits per heavy atom. The lowest BCUT2D eigenvalue weighted by atomic mass is 10.0. The number of hydrogen-bond acceptors (Lipinski definition) is 2. The molecule has 0 bridgehead atoms. The van der Waals surface area contributed by atoms with Crippen molar-refractivity contribution in [1.29, 1.82) is 0 Å². The van der Waals surface area contributed by atoms with Gasteiger partial charge in [-0.3, -0.25) is 4.79 Å². The van der Waals surface area contributed by atoms with Crippen LogP contribution in [0.15, 0.2) is 12.2 Å². The van der Waals surface area contributed by atoms with E-state index in [1.54, 1.807) is 0 Å². The van der Waals surface area contributed by atoms with E-state index in [1.807, 2.05) is 0 Å². The molecule has 0 saturated carbocycles. The number of allylic oxidation sites excluding steroid dienone is 2. The Morgan fingerprint density at radius 1 is 0.320 bits per heavy atom. The van der Waals surface area contributed by atoms with Crippen molar-refractivity contribution in [3.63, 3.8) is 0 Å². The third-order valence-electron chi connectivity index (χ3n) is 10.9. The van der Waals surface area contributed by atoms with Crippen molar-refractivity contribution in [1.82, 2.24) is 0 Å². The van der Waals surface area contributed by atoms with Gasteiger partial charge in [0.15, 0.2) is 0 Å². The summed E-state index contributed by atoms with van der Waals surface area (Å²) in [4.78, 5) is 11.9. The van der Waals surface area contributed by atoms with Gasteiger partial charge in [-0.2, -0.15) is 0 Å². The third-order valence-corrected chi connectivity index (χ3v) is 10.9. The number of hydrogen-bond donors (Lipinski definition) is 0. The first-order valence-electron chi connectivity index (χ1n) is 23.6. The van der Waals surface area contributed by atoms with Crippen molar-refractivity contribution in [2.24, 2.45) is 0 Å². The number of ether oxygens (including phenoxy) is 1. The van der Waals surface area contributed by atoms with Crippen molar-refractivity contribution < 1.29 is 9.53 Å². The Bertz CT molecular complexity index is 640. The summed E-state index contributed by atoms with van der Waals surface area (Å²) in [6, 6.07) is 0. The van der Waals surface area contributed by atoms with Gasteiger partial charge >= 0.3 is 5.97 Å². The molecule has 0 unspecified atom stereocenters.